The van der Waals surface area contributed by atoms with Crippen LogP contribution in [0.2, 0.25) is 0 Å². The van der Waals surface area contributed by atoms with Crippen LogP contribution in [0, 0.1) is 5.41 Å². The molecular weight excluding hydrogens is 340 g/mol. The first-order chi connectivity index (χ1) is 11.6. The lowest BCUT2D eigenvalue weighted by Gasteiger charge is -2.40. The van der Waals surface area contributed by atoms with E-state index in [1.807, 2.05) is 23.6 Å². The third kappa shape index (κ3) is 5.23. The summed E-state index contributed by atoms with van der Waals surface area (Å²) in [7, 11) is 0. The van der Waals surface area contributed by atoms with Crippen molar-refractivity contribution in [1.82, 2.24) is 15.1 Å². The topological polar surface area (TPSA) is 78.7 Å². The Balaban J connectivity index is 0.00000312. The van der Waals surface area contributed by atoms with E-state index in [0.29, 0.717) is 38.8 Å². The molecule has 6 nitrogen and oxygen atoms in total. The summed E-state index contributed by atoms with van der Waals surface area (Å²) < 4.78 is 0. The van der Waals surface area contributed by atoms with E-state index in [1.54, 1.807) is 0 Å². The zero-order valence-corrected chi connectivity index (χ0v) is 16.6. The van der Waals surface area contributed by atoms with Crippen molar-refractivity contribution < 1.29 is 9.59 Å². The molecule has 0 radical (unpaired) electrons. The van der Waals surface area contributed by atoms with Gasteiger partial charge in [-0.05, 0) is 25.7 Å². The second-order valence-electron chi connectivity index (χ2n) is 7.26. The smallest absolute Gasteiger partial charge is 0.317 e. The third-order valence-electron chi connectivity index (χ3n) is 5.98. The van der Waals surface area contributed by atoms with Gasteiger partial charge in [0.05, 0.1) is 5.41 Å². The van der Waals surface area contributed by atoms with E-state index >= 15 is 0 Å². The van der Waals surface area contributed by atoms with E-state index in [9.17, 15) is 9.59 Å². The Hall–Kier alpha value is -1.01. The number of piperazine rings is 1. The molecule has 2 aliphatic rings. The van der Waals surface area contributed by atoms with Crippen LogP contribution < -0.4 is 11.1 Å². The molecule has 146 valence electrons. The van der Waals surface area contributed by atoms with Crippen LogP contribution >= 0.6 is 12.4 Å². The lowest BCUT2D eigenvalue weighted by atomic mass is 9.81. The van der Waals surface area contributed by atoms with Crippen LogP contribution in [0.1, 0.15) is 58.8 Å². The number of rotatable bonds is 5. The Morgan fingerprint density at radius 3 is 2.00 bits per heavy atom. The molecule has 1 aliphatic heterocycles. The van der Waals surface area contributed by atoms with Gasteiger partial charge in [-0.3, -0.25) is 4.79 Å². The Morgan fingerprint density at radius 2 is 1.52 bits per heavy atom. The van der Waals surface area contributed by atoms with Crippen molar-refractivity contribution in [3.8, 4) is 0 Å². The van der Waals surface area contributed by atoms with Crippen molar-refractivity contribution in [2.45, 2.75) is 64.8 Å². The molecule has 2 fully saturated rings. The number of hydrogen-bond donors (Lipinski definition) is 2. The molecule has 25 heavy (non-hydrogen) atoms. The molecule has 2 rings (SSSR count). The quantitative estimate of drug-likeness (QED) is 0.775. The molecule has 0 unspecified atom stereocenters. The van der Waals surface area contributed by atoms with Gasteiger partial charge >= 0.3 is 6.03 Å². The number of nitrogens with zero attached hydrogens (tertiary/aromatic N) is 2. The highest BCUT2D eigenvalue weighted by Gasteiger charge is 2.38. The summed E-state index contributed by atoms with van der Waals surface area (Å²) in [4.78, 5) is 29.0. The van der Waals surface area contributed by atoms with E-state index in [2.05, 4.69) is 5.32 Å². The number of urea groups is 1. The summed E-state index contributed by atoms with van der Waals surface area (Å²) in [6, 6.07) is 0.362. The lowest BCUT2D eigenvalue weighted by molar-refractivity contribution is -0.143. The van der Waals surface area contributed by atoms with Crippen molar-refractivity contribution in [2.24, 2.45) is 11.1 Å². The van der Waals surface area contributed by atoms with Gasteiger partial charge in [-0.25, -0.2) is 4.79 Å². The molecule has 0 atom stereocenters. The maximum absolute atomic E-state index is 12.8. The average molecular weight is 375 g/mol. The molecule has 1 heterocycles. The van der Waals surface area contributed by atoms with Gasteiger partial charge in [0.2, 0.25) is 5.91 Å². The number of halogens is 1. The van der Waals surface area contributed by atoms with Crippen LogP contribution in [0.3, 0.4) is 0 Å². The highest BCUT2D eigenvalue weighted by Crippen LogP contribution is 2.28. The minimum atomic E-state index is -0.438. The van der Waals surface area contributed by atoms with Crippen LogP contribution in [0.15, 0.2) is 0 Å². The van der Waals surface area contributed by atoms with E-state index in [0.717, 1.165) is 25.7 Å². The fourth-order valence-electron chi connectivity index (χ4n) is 3.89. The van der Waals surface area contributed by atoms with Crippen molar-refractivity contribution in [3.63, 3.8) is 0 Å². The Kier molecular flexibility index (Phi) is 9.00. The number of nitrogens with one attached hydrogen (secondary N) is 1. The molecular formula is C18H35ClN4O2. The maximum atomic E-state index is 12.8. The zero-order valence-electron chi connectivity index (χ0n) is 15.8. The SMILES string of the molecule is CCC(CC)(CN)C(=O)N1CCN(C(=O)NC2CCCCC2)CC1.Cl. The monoisotopic (exact) mass is 374 g/mol. The molecule has 0 aromatic carbocycles. The predicted molar refractivity (Wildman–Crippen MR) is 103 cm³/mol. The van der Waals surface area contributed by atoms with Gasteiger partial charge in [0.25, 0.3) is 0 Å². The highest BCUT2D eigenvalue weighted by molar-refractivity contribution is 5.85. The molecule has 0 aromatic heterocycles. The summed E-state index contributed by atoms with van der Waals surface area (Å²) in [6.07, 6.45) is 7.42. The summed E-state index contributed by atoms with van der Waals surface area (Å²) in [5.41, 5.74) is 5.46. The largest absolute Gasteiger partial charge is 0.339 e. The average Bonchev–Trinajstić information content (AvgIpc) is 2.64. The number of hydrogen-bond acceptors (Lipinski definition) is 3. The van der Waals surface area contributed by atoms with E-state index in [4.69, 9.17) is 5.73 Å². The summed E-state index contributed by atoms with van der Waals surface area (Å²) in [6.45, 7) is 6.89. The molecule has 0 spiro atoms. The van der Waals surface area contributed by atoms with Crippen molar-refractivity contribution >= 4 is 24.3 Å². The zero-order chi connectivity index (χ0) is 17.6. The maximum Gasteiger partial charge on any atom is 0.317 e. The first kappa shape index (κ1) is 22.0. The van der Waals surface area contributed by atoms with Gasteiger partial charge in [-0.15, -0.1) is 12.4 Å². The second kappa shape index (κ2) is 10.2. The summed E-state index contributed by atoms with van der Waals surface area (Å²) in [5, 5.41) is 3.16. The summed E-state index contributed by atoms with van der Waals surface area (Å²) in [5.74, 6) is 0.155. The summed E-state index contributed by atoms with van der Waals surface area (Å²) >= 11 is 0. The third-order valence-corrected chi connectivity index (χ3v) is 5.98. The number of amides is 3. The standard InChI is InChI=1S/C18H34N4O2.ClH/c1-3-18(4-2,14-19)16(23)21-10-12-22(13-11-21)17(24)20-15-8-6-5-7-9-15;/h15H,3-14,19H2,1-2H3,(H,20,24);1H. The second-order valence-corrected chi connectivity index (χ2v) is 7.26. The molecule has 3 amide bonds. The van der Waals surface area contributed by atoms with Crippen molar-refractivity contribution in [3.05, 3.63) is 0 Å². The van der Waals surface area contributed by atoms with Gasteiger partial charge in [0.15, 0.2) is 0 Å². The van der Waals surface area contributed by atoms with Crippen LogP contribution in [0.25, 0.3) is 0 Å². The van der Waals surface area contributed by atoms with Crippen LogP contribution in [0.4, 0.5) is 4.79 Å². The molecule has 0 bridgehead atoms. The molecule has 1 saturated heterocycles. The molecule has 0 aromatic rings. The van der Waals surface area contributed by atoms with E-state index in [-0.39, 0.29) is 24.3 Å². The van der Waals surface area contributed by atoms with Gasteiger partial charge in [0.1, 0.15) is 0 Å². The Morgan fingerprint density at radius 1 is 1.00 bits per heavy atom. The van der Waals surface area contributed by atoms with Gasteiger partial charge in [-0.1, -0.05) is 33.1 Å². The molecule has 1 saturated carbocycles. The van der Waals surface area contributed by atoms with Gasteiger partial charge in [-0.2, -0.15) is 0 Å². The normalized spacial score (nSPS) is 19.3. The first-order valence-electron chi connectivity index (χ1n) is 9.61. The lowest BCUT2D eigenvalue weighted by Crippen LogP contribution is -2.57. The van der Waals surface area contributed by atoms with Gasteiger partial charge in [0, 0.05) is 38.8 Å². The van der Waals surface area contributed by atoms with E-state index < -0.39 is 5.41 Å². The van der Waals surface area contributed by atoms with Crippen LogP contribution in [-0.4, -0.2) is 60.5 Å². The molecule has 3 N–H and O–H groups in total. The number of carbonyl (C=O) groups excluding carboxylic acids is 2. The fourth-order valence-corrected chi connectivity index (χ4v) is 3.89. The number of nitrogens with two attached hydrogens (primary N) is 1. The minimum Gasteiger partial charge on any atom is -0.339 e. The van der Waals surface area contributed by atoms with E-state index in [1.165, 1.54) is 19.3 Å². The van der Waals surface area contributed by atoms with Crippen LogP contribution in [-0.2, 0) is 4.79 Å². The van der Waals surface area contributed by atoms with Crippen molar-refractivity contribution in [2.75, 3.05) is 32.7 Å². The minimum absolute atomic E-state index is 0. The predicted octanol–water partition coefficient (Wildman–Crippen LogP) is 2.36. The fraction of sp³-hybridized carbons (Fsp3) is 0.889. The Labute approximate surface area is 158 Å². The first-order valence-corrected chi connectivity index (χ1v) is 9.61. The highest BCUT2D eigenvalue weighted by atomic mass is 35.5. The van der Waals surface area contributed by atoms with Crippen molar-refractivity contribution in [1.29, 1.82) is 0 Å². The number of carbonyl (C=O) groups is 2. The molecule has 1 aliphatic carbocycles. The van der Waals surface area contributed by atoms with Gasteiger partial charge < -0.3 is 20.9 Å². The van der Waals surface area contributed by atoms with Crippen LogP contribution in [0.5, 0.6) is 0 Å². The molecule has 7 heteroatoms. The Bertz CT molecular complexity index is 421.